The molecule has 10 rings (SSSR count). The van der Waals surface area contributed by atoms with Gasteiger partial charge in [0.25, 0.3) is 0 Å². The molecule has 0 unspecified atom stereocenters. The zero-order chi connectivity index (χ0) is 42.9. The van der Waals surface area contributed by atoms with Crippen molar-refractivity contribution in [2.24, 2.45) is 0 Å². The average Bonchev–Trinajstić information content (AvgIpc) is 3.61. The Bertz CT molecular complexity index is 3050. The second kappa shape index (κ2) is 16.6. The molecule has 0 atom stereocenters. The SMILES string of the molecule is Cc1ccc(-c2c(C)cc(Oc3ccccn3)cc2Oc2ccc3c4ccc(Oc5cc(Oc6ccccn6)cc(C)c5-c5ccc(C)cc5)cc4n(-c4ncncn4)c3c2)cc1. The Morgan fingerprint density at radius 3 is 1.30 bits per heavy atom. The number of fused-ring (bicyclic) bond motifs is 3. The molecule has 6 aromatic carbocycles. The Hall–Kier alpha value is -8.37. The summed E-state index contributed by atoms with van der Waals surface area (Å²) in [6.07, 6.45) is 6.40. The Kier molecular flexibility index (Phi) is 10.2. The molecule has 4 aromatic heterocycles. The normalized spacial score (nSPS) is 11.2. The van der Waals surface area contributed by atoms with Gasteiger partial charge in [-0.2, -0.15) is 0 Å². The van der Waals surface area contributed by atoms with E-state index in [1.54, 1.807) is 12.4 Å². The van der Waals surface area contributed by atoms with Crippen LogP contribution in [0.15, 0.2) is 171 Å². The van der Waals surface area contributed by atoms with E-state index in [4.69, 9.17) is 18.9 Å². The largest absolute Gasteiger partial charge is 0.456 e. The number of hydrogen-bond donors (Lipinski definition) is 0. The molecule has 4 heterocycles. The minimum absolute atomic E-state index is 0.447. The first kappa shape index (κ1) is 38.8. The van der Waals surface area contributed by atoms with Gasteiger partial charge in [-0.05, 0) is 98.5 Å². The smallest absolute Gasteiger partial charge is 0.237 e. The van der Waals surface area contributed by atoms with Crippen LogP contribution < -0.4 is 18.9 Å². The van der Waals surface area contributed by atoms with Crippen LogP contribution in [0.4, 0.5) is 0 Å². The summed E-state index contributed by atoms with van der Waals surface area (Å²) in [5.41, 5.74) is 9.96. The van der Waals surface area contributed by atoms with Gasteiger partial charge in [0.05, 0.1) is 11.0 Å². The van der Waals surface area contributed by atoms with Gasteiger partial charge in [-0.15, -0.1) is 0 Å². The molecule has 63 heavy (non-hydrogen) atoms. The van der Waals surface area contributed by atoms with Crippen molar-refractivity contribution in [3.05, 3.63) is 193 Å². The lowest BCUT2D eigenvalue weighted by Crippen LogP contribution is -2.01. The van der Waals surface area contributed by atoms with E-state index in [-0.39, 0.29) is 0 Å². The maximum atomic E-state index is 6.87. The second-order valence-electron chi connectivity index (χ2n) is 15.3. The van der Waals surface area contributed by atoms with Crippen LogP contribution in [-0.4, -0.2) is 29.5 Å². The first-order valence-corrected chi connectivity index (χ1v) is 20.5. The molecule has 0 fully saturated rings. The molecular weight excluding hydrogens is 785 g/mol. The summed E-state index contributed by atoms with van der Waals surface area (Å²) in [6.45, 7) is 8.27. The number of nitrogens with zero attached hydrogens (tertiary/aromatic N) is 6. The Labute approximate surface area is 364 Å². The lowest BCUT2D eigenvalue weighted by molar-refractivity contribution is 0.449. The fraction of sp³-hybridized carbons (Fsp3) is 0.0755. The van der Waals surface area contributed by atoms with Gasteiger partial charge in [-0.25, -0.2) is 24.9 Å². The van der Waals surface area contributed by atoms with Crippen molar-refractivity contribution in [2.45, 2.75) is 27.7 Å². The van der Waals surface area contributed by atoms with Crippen molar-refractivity contribution in [2.75, 3.05) is 0 Å². The zero-order valence-electron chi connectivity index (χ0n) is 35.0. The molecule has 0 saturated carbocycles. The van der Waals surface area contributed by atoms with E-state index >= 15 is 0 Å². The molecule has 10 nitrogen and oxygen atoms in total. The standard InChI is InChI=1S/C53H40N6O4/c1-33-11-15-37(16-12-33)51-35(3)25-41(62-49-9-5-7-23-55-49)29-47(51)60-39-19-21-43-44-22-20-40(28-46(44)59(45(43)27-39)53-57-31-54-32-58-53)61-48-30-42(63-50-10-6-8-24-56-50)26-36(4)52(48)38-17-13-34(2)14-18-38/h5-32H,1-4H3. The first-order valence-electron chi connectivity index (χ1n) is 20.5. The molecule has 10 aromatic rings. The molecule has 0 bridgehead atoms. The molecule has 0 saturated heterocycles. The molecule has 0 spiro atoms. The minimum atomic E-state index is 0.447. The van der Waals surface area contributed by atoms with Crippen molar-refractivity contribution in [1.82, 2.24) is 29.5 Å². The molecule has 0 aliphatic rings. The van der Waals surface area contributed by atoms with Crippen LogP contribution in [0.25, 0.3) is 50.0 Å². The summed E-state index contributed by atoms with van der Waals surface area (Å²) in [5, 5.41) is 1.96. The highest BCUT2D eigenvalue weighted by molar-refractivity contribution is 6.09. The quantitative estimate of drug-likeness (QED) is 0.126. The maximum Gasteiger partial charge on any atom is 0.237 e. The third-order valence-electron chi connectivity index (χ3n) is 10.8. The van der Waals surface area contributed by atoms with Gasteiger partial charge in [-0.1, -0.05) is 71.8 Å². The predicted molar refractivity (Wildman–Crippen MR) is 246 cm³/mol. The van der Waals surface area contributed by atoms with Crippen molar-refractivity contribution >= 4 is 21.8 Å². The zero-order valence-corrected chi connectivity index (χ0v) is 35.0. The number of hydrogen-bond acceptors (Lipinski definition) is 9. The number of ether oxygens (including phenoxy) is 4. The van der Waals surface area contributed by atoms with Gasteiger partial charge < -0.3 is 18.9 Å². The summed E-state index contributed by atoms with van der Waals surface area (Å²) in [5.74, 6) is 5.15. The summed E-state index contributed by atoms with van der Waals surface area (Å²) in [4.78, 5) is 22.1. The van der Waals surface area contributed by atoms with E-state index in [0.29, 0.717) is 52.2 Å². The van der Waals surface area contributed by atoms with Crippen LogP contribution in [0.3, 0.4) is 0 Å². The molecule has 0 amide bonds. The minimum Gasteiger partial charge on any atom is -0.456 e. The molecule has 0 radical (unpaired) electrons. The summed E-state index contributed by atoms with van der Waals surface area (Å²) in [6, 6.07) is 48.0. The molecule has 0 aliphatic heterocycles. The van der Waals surface area contributed by atoms with E-state index in [1.807, 2.05) is 89.5 Å². The van der Waals surface area contributed by atoms with Gasteiger partial charge in [0, 0.05) is 70.7 Å². The van der Waals surface area contributed by atoms with E-state index < -0.39 is 0 Å². The van der Waals surface area contributed by atoms with Crippen LogP contribution in [0.1, 0.15) is 22.3 Å². The highest BCUT2D eigenvalue weighted by Gasteiger charge is 2.20. The third-order valence-corrected chi connectivity index (χ3v) is 10.8. The van der Waals surface area contributed by atoms with E-state index in [9.17, 15) is 0 Å². The molecule has 0 N–H and O–H groups in total. The average molecular weight is 825 g/mol. The van der Waals surface area contributed by atoms with Gasteiger partial charge >= 0.3 is 0 Å². The van der Waals surface area contributed by atoms with Crippen LogP contribution >= 0.6 is 0 Å². The maximum absolute atomic E-state index is 6.87. The second-order valence-corrected chi connectivity index (χ2v) is 15.3. The topological polar surface area (TPSA) is 106 Å². The third kappa shape index (κ3) is 8.01. The number of pyridine rings is 2. The number of benzene rings is 6. The van der Waals surface area contributed by atoms with Gasteiger partial charge in [0.2, 0.25) is 17.7 Å². The Balaban J connectivity index is 1.08. The molecule has 10 heteroatoms. The summed E-state index contributed by atoms with van der Waals surface area (Å²) < 4.78 is 28.2. The number of aromatic nitrogens is 6. The predicted octanol–water partition coefficient (Wildman–Crippen LogP) is 13.5. The summed E-state index contributed by atoms with van der Waals surface area (Å²) >= 11 is 0. The lowest BCUT2D eigenvalue weighted by atomic mass is 9.98. The van der Waals surface area contributed by atoms with Crippen LogP contribution in [-0.2, 0) is 0 Å². The number of rotatable bonds is 11. The lowest BCUT2D eigenvalue weighted by Gasteiger charge is -2.17. The van der Waals surface area contributed by atoms with Crippen molar-refractivity contribution in [3.8, 4) is 74.5 Å². The summed E-state index contributed by atoms with van der Waals surface area (Å²) in [7, 11) is 0. The fourth-order valence-corrected chi connectivity index (χ4v) is 7.88. The van der Waals surface area contributed by atoms with Crippen LogP contribution in [0.2, 0.25) is 0 Å². The van der Waals surface area contributed by atoms with Crippen molar-refractivity contribution < 1.29 is 18.9 Å². The fourth-order valence-electron chi connectivity index (χ4n) is 7.88. The molecular formula is C53H40N6O4. The Morgan fingerprint density at radius 1 is 0.413 bits per heavy atom. The van der Waals surface area contributed by atoms with Crippen molar-refractivity contribution in [3.63, 3.8) is 0 Å². The van der Waals surface area contributed by atoms with Crippen LogP contribution in [0.5, 0.6) is 46.3 Å². The van der Waals surface area contributed by atoms with Gasteiger partial charge in [0.1, 0.15) is 47.2 Å². The van der Waals surface area contributed by atoms with Gasteiger partial charge in [0.15, 0.2) is 0 Å². The molecule has 306 valence electrons. The highest BCUT2D eigenvalue weighted by Crippen LogP contribution is 2.44. The molecule has 0 aliphatic carbocycles. The Morgan fingerprint density at radius 2 is 0.873 bits per heavy atom. The first-order chi connectivity index (χ1) is 30.8. The van der Waals surface area contributed by atoms with E-state index in [0.717, 1.165) is 55.2 Å². The van der Waals surface area contributed by atoms with E-state index in [1.165, 1.54) is 23.8 Å². The highest BCUT2D eigenvalue weighted by atomic mass is 16.5. The monoisotopic (exact) mass is 824 g/mol. The number of aryl methyl sites for hydroxylation is 4. The van der Waals surface area contributed by atoms with E-state index in [2.05, 4.69) is 113 Å². The van der Waals surface area contributed by atoms with Gasteiger partial charge in [-0.3, -0.25) is 4.57 Å². The van der Waals surface area contributed by atoms with Crippen molar-refractivity contribution in [1.29, 1.82) is 0 Å². The van der Waals surface area contributed by atoms with Crippen LogP contribution in [0, 0.1) is 27.7 Å².